The topological polar surface area (TPSA) is 0 Å². The first-order valence-electron chi connectivity index (χ1n) is 10.2. The molecule has 0 nitrogen and oxygen atoms in total. The summed E-state index contributed by atoms with van der Waals surface area (Å²) in [5, 5.41) is 0. The molecule has 26 heavy (non-hydrogen) atoms. The number of allylic oxidation sites excluding steroid dienone is 2. The Hall–Kier alpha value is -1.82. The van der Waals surface area contributed by atoms with E-state index in [-0.39, 0.29) is 5.41 Å². The highest BCUT2D eigenvalue weighted by atomic mass is 14.4. The van der Waals surface area contributed by atoms with Gasteiger partial charge in [-0.1, -0.05) is 86.5 Å². The van der Waals surface area contributed by atoms with Gasteiger partial charge in [-0.2, -0.15) is 0 Å². The first-order valence-corrected chi connectivity index (χ1v) is 10.2. The molecule has 0 heteroatoms. The lowest BCUT2D eigenvalue weighted by molar-refractivity contribution is 0.328. The molecular formula is C26H34. The maximum Gasteiger partial charge on any atom is -0.0000418 e. The highest BCUT2D eigenvalue weighted by Gasteiger charge is 2.40. The van der Waals surface area contributed by atoms with Crippen LogP contribution in [0.1, 0.15) is 73.8 Å². The quantitative estimate of drug-likeness (QED) is 0.499. The maximum atomic E-state index is 2.49. The van der Waals surface area contributed by atoms with E-state index in [0.717, 1.165) is 12.3 Å². The van der Waals surface area contributed by atoms with Gasteiger partial charge in [-0.3, -0.25) is 0 Å². The van der Waals surface area contributed by atoms with Gasteiger partial charge < -0.3 is 0 Å². The zero-order valence-electron chi connectivity index (χ0n) is 17.2. The van der Waals surface area contributed by atoms with Crippen molar-refractivity contribution in [1.82, 2.24) is 0 Å². The Morgan fingerprint density at radius 2 is 1.69 bits per heavy atom. The number of rotatable bonds is 5. The molecule has 0 fully saturated rings. The van der Waals surface area contributed by atoms with Crippen LogP contribution in [0.15, 0.2) is 54.6 Å². The van der Waals surface area contributed by atoms with Crippen LogP contribution >= 0.6 is 0 Å². The molecule has 1 aliphatic rings. The largest absolute Gasteiger partial charge is 0.0883 e. The zero-order chi connectivity index (χ0) is 18.7. The average molecular weight is 347 g/mol. The van der Waals surface area contributed by atoms with Gasteiger partial charge in [-0.15, -0.1) is 0 Å². The van der Waals surface area contributed by atoms with Crippen LogP contribution in [0.5, 0.6) is 0 Å². The van der Waals surface area contributed by atoms with Crippen molar-refractivity contribution in [2.45, 2.75) is 71.6 Å². The monoisotopic (exact) mass is 346 g/mol. The Labute approximate surface area is 160 Å². The molecule has 0 bridgehead atoms. The summed E-state index contributed by atoms with van der Waals surface area (Å²) in [6.45, 7) is 11.5. The van der Waals surface area contributed by atoms with E-state index in [2.05, 4.69) is 89.2 Å². The molecule has 0 heterocycles. The molecule has 0 radical (unpaired) electrons. The minimum atomic E-state index is 0.206. The summed E-state index contributed by atoms with van der Waals surface area (Å²) in [5.74, 6) is 1.29. The molecule has 3 rings (SSSR count). The third-order valence-corrected chi connectivity index (χ3v) is 6.21. The van der Waals surface area contributed by atoms with Crippen molar-refractivity contribution < 1.29 is 0 Å². The number of aryl methyl sites for hydroxylation is 3. The predicted octanol–water partition coefficient (Wildman–Crippen LogP) is 7.28. The van der Waals surface area contributed by atoms with E-state index in [4.69, 9.17) is 0 Å². The third kappa shape index (κ3) is 3.95. The van der Waals surface area contributed by atoms with Gasteiger partial charge in [0.15, 0.2) is 0 Å². The molecule has 1 aliphatic carbocycles. The maximum absolute atomic E-state index is 2.49. The minimum Gasteiger partial charge on any atom is -0.0883 e. The van der Waals surface area contributed by atoms with E-state index in [0.29, 0.717) is 5.92 Å². The molecule has 0 unspecified atom stereocenters. The van der Waals surface area contributed by atoms with Crippen LogP contribution in [0.25, 0.3) is 0 Å². The summed E-state index contributed by atoms with van der Waals surface area (Å²) < 4.78 is 0. The molecular weight excluding hydrogens is 312 g/mol. The van der Waals surface area contributed by atoms with Gasteiger partial charge in [0.05, 0.1) is 0 Å². The first-order chi connectivity index (χ1) is 12.4. The molecule has 0 spiro atoms. The van der Waals surface area contributed by atoms with E-state index in [1.807, 2.05) is 0 Å². The van der Waals surface area contributed by atoms with Gasteiger partial charge >= 0.3 is 0 Å². The molecule has 0 saturated carbocycles. The minimum absolute atomic E-state index is 0.206. The molecule has 2 atom stereocenters. The van der Waals surface area contributed by atoms with Crippen LogP contribution in [0.3, 0.4) is 0 Å². The lowest BCUT2D eigenvalue weighted by Crippen LogP contribution is -2.35. The van der Waals surface area contributed by atoms with Crippen molar-refractivity contribution in [3.63, 3.8) is 0 Å². The van der Waals surface area contributed by atoms with Crippen molar-refractivity contribution in [2.75, 3.05) is 0 Å². The molecule has 0 amide bonds. The van der Waals surface area contributed by atoms with E-state index < -0.39 is 0 Å². The van der Waals surface area contributed by atoms with E-state index >= 15 is 0 Å². The summed E-state index contributed by atoms with van der Waals surface area (Å²) in [4.78, 5) is 0. The van der Waals surface area contributed by atoms with E-state index in [1.165, 1.54) is 36.0 Å². The van der Waals surface area contributed by atoms with Gasteiger partial charge in [-0.25, -0.2) is 0 Å². The van der Waals surface area contributed by atoms with Gasteiger partial charge in [0.1, 0.15) is 0 Å². The fraction of sp³-hybridized carbons (Fsp3) is 0.462. The predicted molar refractivity (Wildman–Crippen MR) is 114 cm³/mol. The lowest BCUT2D eigenvalue weighted by Gasteiger charge is -2.43. The van der Waals surface area contributed by atoms with Crippen molar-refractivity contribution in [1.29, 1.82) is 0 Å². The molecule has 2 aromatic carbocycles. The summed E-state index contributed by atoms with van der Waals surface area (Å²) >= 11 is 0. The van der Waals surface area contributed by atoms with E-state index in [9.17, 15) is 0 Å². The SMILES string of the molecule is Cc1ccc([C@@]2(C)CCc3cc(C)ccc3[C@H]2CC=CCC(C)C)cc1. The summed E-state index contributed by atoms with van der Waals surface area (Å²) in [6, 6.07) is 16.4. The van der Waals surface area contributed by atoms with Gasteiger partial charge in [0.25, 0.3) is 0 Å². The first kappa shape index (κ1) is 19.0. The molecule has 2 aromatic rings. The number of benzene rings is 2. The Bertz CT molecular complexity index is 763. The second kappa shape index (κ2) is 7.82. The highest BCUT2D eigenvalue weighted by Crippen LogP contribution is 2.49. The second-order valence-corrected chi connectivity index (χ2v) is 8.88. The molecule has 0 aliphatic heterocycles. The molecule has 0 saturated heterocycles. The standard InChI is InChI=1S/C26H34/c1-19(2)8-6-7-9-25-24-15-12-21(4)18-22(24)16-17-26(25,5)23-13-10-20(3)11-14-23/h6-7,10-15,18-19,25H,8-9,16-17H2,1-5H3/t25-,26-/m1/s1. The summed E-state index contributed by atoms with van der Waals surface area (Å²) in [7, 11) is 0. The van der Waals surface area contributed by atoms with Crippen molar-refractivity contribution in [3.8, 4) is 0 Å². The summed E-state index contributed by atoms with van der Waals surface area (Å²) in [5.41, 5.74) is 7.57. The Morgan fingerprint density at radius 3 is 2.38 bits per heavy atom. The third-order valence-electron chi connectivity index (χ3n) is 6.21. The van der Waals surface area contributed by atoms with Gasteiger partial charge in [0.2, 0.25) is 0 Å². The van der Waals surface area contributed by atoms with Gasteiger partial charge in [-0.05, 0) is 73.5 Å². The number of hydrogen-bond acceptors (Lipinski definition) is 0. The van der Waals surface area contributed by atoms with Crippen molar-refractivity contribution >= 4 is 0 Å². The Kier molecular flexibility index (Phi) is 5.70. The zero-order valence-corrected chi connectivity index (χ0v) is 17.2. The van der Waals surface area contributed by atoms with Gasteiger partial charge in [0, 0.05) is 0 Å². The molecule has 0 N–H and O–H groups in total. The molecule has 0 aromatic heterocycles. The Morgan fingerprint density at radius 1 is 1.00 bits per heavy atom. The van der Waals surface area contributed by atoms with Crippen LogP contribution in [0, 0.1) is 19.8 Å². The van der Waals surface area contributed by atoms with Crippen LogP contribution in [-0.4, -0.2) is 0 Å². The van der Waals surface area contributed by atoms with Crippen LogP contribution < -0.4 is 0 Å². The average Bonchev–Trinajstić information content (AvgIpc) is 2.60. The molecule has 138 valence electrons. The fourth-order valence-corrected chi connectivity index (χ4v) is 4.47. The number of fused-ring (bicyclic) bond motifs is 1. The normalized spacial score (nSPS) is 22.8. The van der Waals surface area contributed by atoms with Crippen LogP contribution in [0.4, 0.5) is 0 Å². The van der Waals surface area contributed by atoms with Crippen LogP contribution in [-0.2, 0) is 11.8 Å². The van der Waals surface area contributed by atoms with Crippen molar-refractivity contribution in [3.05, 3.63) is 82.4 Å². The van der Waals surface area contributed by atoms with E-state index in [1.54, 1.807) is 11.1 Å². The fourth-order valence-electron chi connectivity index (χ4n) is 4.47. The van der Waals surface area contributed by atoms with Crippen LogP contribution in [0.2, 0.25) is 0 Å². The lowest BCUT2D eigenvalue weighted by atomic mass is 9.60. The van der Waals surface area contributed by atoms with Crippen molar-refractivity contribution in [2.24, 2.45) is 5.92 Å². The number of hydrogen-bond donors (Lipinski definition) is 0. The highest BCUT2D eigenvalue weighted by molar-refractivity contribution is 5.43. The summed E-state index contributed by atoms with van der Waals surface area (Å²) in [6.07, 6.45) is 9.55. The smallest absolute Gasteiger partial charge is 0.0000418 e. The Balaban J connectivity index is 1.98. The second-order valence-electron chi connectivity index (χ2n) is 8.88.